The van der Waals surface area contributed by atoms with Crippen LogP contribution in [0, 0.1) is 0 Å². The fourth-order valence-electron chi connectivity index (χ4n) is 2.55. The molecule has 0 aliphatic carbocycles. The van der Waals surface area contributed by atoms with Crippen LogP contribution in [0.3, 0.4) is 0 Å². The highest BCUT2D eigenvalue weighted by atomic mass is 16.5. The summed E-state index contributed by atoms with van der Waals surface area (Å²) in [6.07, 6.45) is 1.12. The van der Waals surface area contributed by atoms with Crippen molar-refractivity contribution >= 4 is 0 Å². The summed E-state index contributed by atoms with van der Waals surface area (Å²) in [5, 5.41) is 3.38. The third-order valence-corrected chi connectivity index (χ3v) is 3.38. The summed E-state index contributed by atoms with van der Waals surface area (Å²) in [7, 11) is 5.10. The topological polar surface area (TPSA) is 39.7 Å². The highest BCUT2D eigenvalue weighted by Gasteiger charge is 2.24. The van der Waals surface area contributed by atoms with Gasteiger partial charge in [0.05, 0.1) is 20.8 Å². The Labute approximate surface area is 108 Å². The van der Waals surface area contributed by atoms with Gasteiger partial charge >= 0.3 is 0 Å². The molecule has 0 bridgehead atoms. The number of hydrogen-bond donors (Lipinski definition) is 1. The molecule has 1 N–H and O–H groups in total. The summed E-state index contributed by atoms with van der Waals surface area (Å²) in [6, 6.07) is 4.08. The molecule has 1 unspecified atom stereocenters. The molecule has 1 atom stereocenters. The molecule has 4 heteroatoms. The fourth-order valence-corrected chi connectivity index (χ4v) is 2.55. The lowest BCUT2D eigenvalue weighted by Gasteiger charge is -2.19. The van der Waals surface area contributed by atoms with Gasteiger partial charge in [-0.3, -0.25) is 0 Å². The van der Waals surface area contributed by atoms with Crippen LogP contribution in [0.25, 0.3) is 0 Å². The van der Waals surface area contributed by atoms with E-state index in [-0.39, 0.29) is 0 Å². The summed E-state index contributed by atoms with van der Waals surface area (Å²) >= 11 is 0. The van der Waals surface area contributed by atoms with Crippen molar-refractivity contribution in [1.29, 1.82) is 0 Å². The van der Waals surface area contributed by atoms with E-state index in [1.54, 1.807) is 21.3 Å². The molecule has 0 spiro atoms. The van der Waals surface area contributed by atoms with Crippen LogP contribution in [0.15, 0.2) is 12.1 Å². The number of methoxy groups -OCH3 is 3. The molecule has 1 aliphatic heterocycles. The van der Waals surface area contributed by atoms with E-state index in [0.717, 1.165) is 36.6 Å². The summed E-state index contributed by atoms with van der Waals surface area (Å²) in [6.45, 7) is 2.60. The Kier molecular flexibility index (Phi) is 4.44. The first kappa shape index (κ1) is 13.2. The van der Waals surface area contributed by atoms with Gasteiger partial charge in [0.15, 0.2) is 0 Å². The van der Waals surface area contributed by atoms with E-state index in [0.29, 0.717) is 12.5 Å². The molecule has 0 amide bonds. The quantitative estimate of drug-likeness (QED) is 0.868. The second-order valence-corrected chi connectivity index (χ2v) is 4.54. The van der Waals surface area contributed by atoms with E-state index in [2.05, 4.69) is 5.32 Å². The zero-order chi connectivity index (χ0) is 13.0. The molecule has 1 heterocycles. The first-order valence-corrected chi connectivity index (χ1v) is 6.24. The Hall–Kier alpha value is -1.26. The van der Waals surface area contributed by atoms with Crippen molar-refractivity contribution in [2.45, 2.75) is 18.9 Å². The summed E-state index contributed by atoms with van der Waals surface area (Å²) < 4.78 is 16.2. The minimum absolute atomic E-state index is 0.464. The molecule has 1 aliphatic rings. The van der Waals surface area contributed by atoms with Crippen LogP contribution in [0.2, 0.25) is 0 Å². The molecule has 1 aromatic carbocycles. The summed E-state index contributed by atoms with van der Waals surface area (Å²) in [5.74, 6) is 2.26. The molecule has 1 saturated heterocycles. The Morgan fingerprint density at radius 1 is 1.17 bits per heavy atom. The van der Waals surface area contributed by atoms with Crippen molar-refractivity contribution in [3.63, 3.8) is 0 Å². The molecule has 0 saturated carbocycles. The maximum atomic E-state index is 5.52. The lowest BCUT2D eigenvalue weighted by molar-refractivity contribution is 0.184. The molecule has 4 nitrogen and oxygen atoms in total. The van der Waals surface area contributed by atoms with Crippen LogP contribution < -0.4 is 14.8 Å². The smallest absolute Gasteiger partial charge is 0.126 e. The van der Waals surface area contributed by atoms with E-state index in [9.17, 15) is 0 Å². The van der Waals surface area contributed by atoms with Crippen molar-refractivity contribution in [3.05, 3.63) is 23.3 Å². The first-order chi connectivity index (χ1) is 8.80. The van der Waals surface area contributed by atoms with Crippen LogP contribution in [0.1, 0.15) is 23.5 Å². The Morgan fingerprint density at radius 3 is 2.28 bits per heavy atom. The second kappa shape index (κ2) is 6.07. The predicted molar refractivity (Wildman–Crippen MR) is 70.5 cm³/mol. The summed E-state index contributed by atoms with van der Waals surface area (Å²) in [5.41, 5.74) is 2.24. The zero-order valence-corrected chi connectivity index (χ0v) is 11.3. The van der Waals surface area contributed by atoms with Gasteiger partial charge in [0.1, 0.15) is 11.5 Å². The molecule has 0 radical (unpaired) electrons. The van der Waals surface area contributed by atoms with Crippen molar-refractivity contribution in [2.75, 3.05) is 34.4 Å². The Balaban J connectivity index is 2.41. The predicted octanol–water partition coefficient (Wildman–Crippen LogP) is 1.93. The fraction of sp³-hybridized carbons (Fsp3) is 0.571. The number of rotatable bonds is 5. The lowest BCUT2D eigenvalue weighted by atomic mass is 9.95. The van der Waals surface area contributed by atoms with Crippen LogP contribution in [-0.2, 0) is 11.3 Å². The summed E-state index contributed by atoms with van der Waals surface area (Å²) in [4.78, 5) is 0. The van der Waals surface area contributed by atoms with Gasteiger partial charge in [0.25, 0.3) is 0 Å². The normalized spacial score (nSPS) is 18.9. The van der Waals surface area contributed by atoms with Crippen LogP contribution in [0.5, 0.6) is 11.5 Å². The van der Waals surface area contributed by atoms with E-state index in [4.69, 9.17) is 14.2 Å². The zero-order valence-electron chi connectivity index (χ0n) is 11.3. The largest absolute Gasteiger partial charge is 0.496 e. The van der Waals surface area contributed by atoms with Crippen molar-refractivity contribution in [3.8, 4) is 11.5 Å². The van der Waals surface area contributed by atoms with E-state index in [1.807, 2.05) is 12.1 Å². The van der Waals surface area contributed by atoms with Crippen LogP contribution in [-0.4, -0.2) is 34.4 Å². The van der Waals surface area contributed by atoms with E-state index < -0.39 is 0 Å². The molecule has 1 fully saturated rings. The SMILES string of the molecule is COCc1cc(OC)c(C2CCNC2)c(OC)c1. The van der Waals surface area contributed by atoms with E-state index >= 15 is 0 Å². The monoisotopic (exact) mass is 251 g/mol. The number of benzene rings is 1. The average molecular weight is 251 g/mol. The van der Waals surface area contributed by atoms with Gasteiger partial charge in [-0.1, -0.05) is 0 Å². The maximum absolute atomic E-state index is 5.52. The average Bonchev–Trinajstić information content (AvgIpc) is 2.91. The van der Waals surface area contributed by atoms with Gasteiger partial charge in [-0.15, -0.1) is 0 Å². The standard InChI is InChI=1S/C14H21NO3/c1-16-9-10-6-12(17-2)14(13(7-10)18-3)11-4-5-15-8-11/h6-7,11,15H,4-5,8-9H2,1-3H3. The highest BCUT2D eigenvalue weighted by molar-refractivity contribution is 5.50. The first-order valence-electron chi connectivity index (χ1n) is 6.24. The third-order valence-electron chi connectivity index (χ3n) is 3.38. The van der Waals surface area contributed by atoms with Gasteiger partial charge in [0, 0.05) is 25.1 Å². The maximum Gasteiger partial charge on any atom is 0.126 e. The lowest BCUT2D eigenvalue weighted by Crippen LogP contribution is -2.10. The highest BCUT2D eigenvalue weighted by Crippen LogP contribution is 2.39. The molecular weight excluding hydrogens is 230 g/mol. The Bertz CT molecular complexity index is 375. The van der Waals surface area contributed by atoms with Gasteiger partial charge < -0.3 is 19.5 Å². The van der Waals surface area contributed by atoms with E-state index in [1.165, 1.54) is 5.56 Å². The second-order valence-electron chi connectivity index (χ2n) is 4.54. The molecular formula is C14H21NO3. The number of nitrogens with one attached hydrogen (secondary N) is 1. The van der Waals surface area contributed by atoms with Gasteiger partial charge in [-0.25, -0.2) is 0 Å². The minimum atomic E-state index is 0.464. The number of ether oxygens (including phenoxy) is 3. The third kappa shape index (κ3) is 2.60. The van der Waals surface area contributed by atoms with Gasteiger partial charge in [-0.2, -0.15) is 0 Å². The minimum Gasteiger partial charge on any atom is -0.496 e. The van der Waals surface area contributed by atoms with Crippen molar-refractivity contribution in [1.82, 2.24) is 5.32 Å². The molecule has 0 aromatic heterocycles. The molecule has 100 valence electrons. The van der Waals surface area contributed by atoms with Crippen molar-refractivity contribution in [2.24, 2.45) is 0 Å². The van der Waals surface area contributed by atoms with Gasteiger partial charge in [0.2, 0.25) is 0 Å². The Morgan fingerprint density at radius 2 is 1.83 bits per heavy atom. The van der Waals surface area contributed by atoms with Gasteiger partial charge in [-0.05, 0) is 30.7 Å². The van der Waals surface area contributed by atoms with Crippen LogP contribution >= 0.6 is 0 Å². The van der Waals surface area contributed by atoms with Crippen molar-refractivity contribution < 1.29 is 14.2 Å². The number of hydrogen-bond acceptors (Lipinski definition) is 4. The molecule has 18 heavy (non-hydrogen) atoms. The molecule has 2 rings (SSSR count). The molecule has 1 aromatic rings. The van der Waals surface area contributed by atoms with Crippen LogP contribution in [0.4, 0.5) is 0 Å².